The molecule has 0 N–H and O–H groups in total. The Kier molecular flexibility index (Phi) is 2.95. The minimum absolute atomic E-state index is 0.145. The summed E-state index contributed by atoms with van der Waals surface area (Å²) in [6.07, 6.45) is 6.45. The summed E-state index contributed by atoms with van der Waals surface area (Å²) in [6.45, 7) is 2.35. The second-order valence-electron chi connectivity index (χ2n) is 3.86. The fourth-order valence-corrected chi connectivity index (χ4v) is 5.26. The van der Waals surface area contributed by atoms with E-state index in [2.05, 4.69) is 42.0 Å². The fourth-order valence-electron chi connectivity index (χ4n) is 1.58. The van der Waals surface area contributed by atoms with Crippen molar-refractivity contribution in [2.75, 3.05) is 24.0 Å². The smallest absolute Gasteiger partial charge is 0.0117 e. The van der Waals surface area contributed by atoms with Gasteiger partial charge in [-0.3, -0.25) is 0 Å². The second kappa shape index (κ2) is 3.21. The number of hydrogen-bond donors (Lipinski definition) is 0. The molecule has 2 unspecified atom stereocenters. The molecule has 0 radical (unpaired) electrons. The van der Waals surface area contributed by atoms with E-state index in [1.807, 2.05) is 0 Å². The summed E-state index contributed by atoms with van der Waals surface area (Å²) in [5, 5.41) is 0. The Balaban J connectivity index is 2.43. The zero-order valence-corrected chi connectivity index (χ0v) is 10.0. The van der Waals surface area contributed by atoms with Gasteiger partial charge in [0.15, 0.2) is 0 Å². The van der Waals surface area contributed by atoms with Crippen molar-refractivity contribution in [3.8, 4) is 0 Å². The molecule has 1 aliphatic rings. The molecule has 1 rings (SSSR count). The van der Waals surface area contributed by atoms with Crippen molar-refractivity contribution in [3.63, 3.8) is 0 Å². The Bertz CT molecular complexity index is 120. The van der Waals surface area contributed by atoms with E-state index in [0.29, 0.717) is 0 Å². The number of rotatable bonds is 1. The van der Waals surface area contributed by atoms with Gasteiger partial charge in [0.2, 0.25) is 0 Å². The number of alkyl halides is 1. The van der Waals surface area contributed by atoms with Crippen LogP contribution in [0.1, 0.15) is 13.3 Å². The maximum Gasteiger partial charge on any atom is 0.0117 e. The van der Waals surface area contributed by atoms with Gasteiger partial charge in [-0.1, -0.05) is 29.5 Å². The maximum atomic E-state index is 2.57. The lowest BCUT2D eigenvalue weighted by molar-refractivity contribution is 0.608. The quantitative estimate of drug-likeness (QED) is 0.508. The summed E-state index contributed by atoms with van der Waals surface area (Å²) in [6, 6.07) is 0. The van der Waals surface area contributed by atoms with Gasteiger partial charge in [0, 0.05) is 3.92 Å². The van der Waals surface area contributed by atoms with Crippen molar-refractivity contribution in [2.24, 2.45) is 5.92 Å². The first kappa shape index (κ1) is 9.17. The topological polar surface area (TPSA) is 0 Å². The van der Waals surface area contributed by atoms with Gasteiger partial charge in [-0.25, -0.2) is 10.0 Å². The Hall–Kier alpha value is 1.08. The molecule has 0 aromatic rings. The molecule has 0 aliphatic carbocycles. The lowest BCUT2D eigenvalue weighted by Crippen LogP contribution is -2.10. The third-order valence-corrected chi connectivity index (χ3v) is 6.04. The molecule has 2 heteroatoms. The van der Waals surface area contributed by atoms with Crippen molar-refractivity contribution in [1.82, 2.24) is 0 Å². The average Bonchev–Trinajstić information content (AvgIpc) is 2.10. The van der Waals surface area contributed by atoms with Crippen molar-refractivity contribution < 1.29 is 0 Å². The standard InChI is InChI=1S/C8H17IS/c1-7(9)8-4-5-10(2,3)6-8/h7-8H,4-6H2,1-3H3. The number of halogens is 1. The highest BCUT2D eigenvalue weighted by Crippen LogP contribution is 2.50. The van der Waals surface area contributed by atoms with Crippen LogP contribution >= 0.6 is 32.6 Å². The monoisotopic (exact) mass is 272 g/mol. The first-order valence-corrected chi connectivity index (χ1v) is 7.87. The summed E-state index contributed by atoms with van der Waals surface area (Å²) in [4.78, 5) is 0. The maximum absolute atomic E-state index is 2.57. The lowest BCUT2D eigenvalue weighted by atomic mass is 10.1. The highest BCUT2D eigenvalue weighted by atomic mass is 127. The van der Waals surface area contributed by atoms with Crippen LogP contribution in [0.5, 0.6) is 0 Å². The lowest BCUT2D eigenvalue weighted by Gasteiger charge is -2.24. The number of hydrogen-bond acceptors (Lipinski definition) is 0. The van der Waals surface area contributed by atoms with Crippen LogP contribution in [0.2, 0.25) is 0 Å². The van der Waals surface area contributed by atoms with Gasteiger partial charge < -0.3 is 0 Å². The van der Waals surface area contributed by atoms with Crippen LogP contribution in [-0.4, -0.2) is 27.9 Å². The normalized spacial score (nSPS) is 37.4. The Morgan fingerprint density at radius 2 is 2.10 bits per heavy atom. The molecule has 10 heavy (non-hydrogen) atoms. The Labute approximate surface area is 79.6 Å². The first-order valence-electron chi connectivity index (χ1n) is 3.84. The SMILES string of the molecule is CC(I)C1CCS(C)(C)C1. The Morgan fingerprint density at radius 3 is 2.30 bits per heavy atom. The van der Waals surface area contributed by atoms with Crippen LogP contribution in [0.4, 0.5) is 0 Å². The van der Waals surface area contributed by atoms with E-state index >= 15 is 0 Å². The molecule has 1 saturated heterocycles. The van der Waals surface area contributed by atoms with Crippen LogP contribution in [0.3, 0.4) is 0 Å². The van der Waals surface area contributed by atoms with E-state index in [-0.39, 0.29) is 10.0 Å². The van der Waals surface area contributed by atoms with E-state index in [0.717, 1.165) is 9.84 Å². The van der Waals surface area contributed by atoms with Crippen molar-refractivity contribution in [3.05, 3.63) is 0 Å². The summed E-state index contributed by atoms with van der Waals surface area (Å²) >= 11 is 2.57. The van der Waals surface area contributed by atoms with Gasteiger partial charge in [0.25, 0.3) is 0 Å². The first-order chi connectivity index (χ1) is 4.51. The molecule has 2 atom stereocenters. The fraction of sp³-hybridized carbons (Fsp3) is 1.00. The molecular formula is C8H17IS. The molecule has 1 aliphatic heterocycles. The van der Waals surface area contributed by atoms with Gasteiger partial charge in [-0.05, 0) is 36.4 Å². The molecule has 0 spiro atoms. The molecule has 1 heterocycles. The second-order valence-corrected chi connectivity index (χ2v) is 10.1. The third kappa shape index (κ3) is 2.29. The molecule has 62 valence electrons. The average molecular weight is 272 g/mol. The van der Waals surface area contributed by atoms with Crippen LogP contribution in [0.25, 0.3) is 0 Å². The highest BCUT2D eigenvalue weighted by molar-refractivity contribution is 14.1. The third-order valence-electron chi connectivity index (χ3n) is 2.36. The van der Waals surface area contributed by atoms with E-state index < -0.39 is 0 Å². The summed E-state index contributed by atoms with van der Waals surface area (Å²) in [5.41, 5.74) is 0. The minimum Gasteiger partial charge on any atom is -0.246 e. The van der Waals surface area contributed by atoms with Crippen molar-refractivity contribution in [2.45, 2.75) is 17.3 Å². The predicted octanol–water partition coefficient (Wildman–Crippen LogP) is 2.89. The van der Waals surface area contributed by atoms with Crippen molar-refractivity contribution >= 4 is 32.6 Å². The molecule has 0 aromatic heterocycles. The van der Waals surface area contributed by atoms with E-state index in [1.165, 1.54) is 17.9 Å². The van der Waals surface area contributed by atoms with Gasteiger partial charge in [0.05, 0.1) is 0 Å². The van der Waals surface area contributed by atoms with E-state index in [4.69, 9.17) is 0 Å². The molecule has 1 fully saturated rings. The van der Waals surface area contributed by atoms with Crippen molar-refractivity contribution in [1.29, 1.82) is 0 Å². The van der Waals surface area contributed by atoms with E-state index in [1.54, 1.807) is 0 Å². The molecule has 0 saturated carbocycles. The van der Waals surface area contributed by atoms with Gasteiger partial charge in [-0.2, -0.15) is 0 Å². The van der Waals surface area contributed by atoms with Gasteiger partial charge in [0.1, 0.15) is 0 Å². The summed E-state index contributed by atoms with van der Waals surface area (Å²) < 4.78 is 0.895. The van der Waals surface area contributed by atoms with Gasteiger partial charge >= 0.3 is 0 Å². The summed E-state index contributed by atoms with van der Waals surface area (Å²) in [7, 11) is -0.145. The predicted molar refractivity (Wildman–Crippen MR) is 60.8 cm³/mol. The molecule has 0 amide bonds. The molecule has 0 aromatic carbocycles. The minimum atomic E-state index is -0.145. The van der Waals surface area contributed by atoms with Crippen LogP contribution in [-0.2, 0) is 0 Å². The van der Waals surface area contributed by atoms with Gasteiger partial charge in [-0.15, -0.1) is 0 Å². The Morgan fingerprint density at radius 1 is 1.50 bits per heavy atom. The zero-order chi connectivity index (χ0) is 7.78. The highest BCUT2D eigenvalue weighted by Gasteiger charge is 2.29. The van der Waals surface area contributed by atoms with Crippen LogP contribution < -0.4 is 0 Å². The summed E-state index contributed by atoms with van der Waals surface area (Å²) in [5.74, 6) is 4.08. The largest absolute Gasteiger partial charge is 0.246 e. The van der Waals surface area contributed by atoms with Crippen LogP contribution in [0.15, 0.2) is 0 Å². The molecule has 0 nitrogen and oxygen atoms in total. The molecule has 0 bridgehead atoms. The van der Waals surface area contributed by atoms with E-state index in [9.17, 15) is 0 Å². The van der Waals surface area contributed by atoms with Crippen LogP contribution in [0, 0.1) is 5.92 Å². The molecular weight excluding hydrogens is 255 g/mol. The zero-order valence-electron chi connectivity index (χ0n) is 7.06.